The number of nitrogens with zero attached hydrogens (tertiary/aromatic N) is 1. The molecule has 0 unspecified atom stereocenters. The first-order valence-electron chi connectivity index (χ1n) is 5.38. The van der Waals surface area contributed by atoms with Crippen LogP contribution in [0.2, 0.25) is 0 Å². The summed E-state index contributed by atoms with van der Waals surface area (Å²) in [5.41, 5.74) is -0.483. The molecular weight excluding hydrogens is 242 g/mol. The number of nitro groups is 1. The quantitative estimate of drug-likeness (QED) is 0.461. The number of carbonyl (C=O) groups is 1. The summed E-state index contributed by atoms with van der Waals surface area (Å²) in [6.45, 7) is 2.43. The van der Waals surface area contributed by atoms with Crippen molar-refractivity contribution in [2.45, 2.75) is 6.92 Å². The van der Waals surface area contributed by atoms with Crippen LogP contribution in [-0.4, -0.2) is 30.7 Å². The van der Waals surface area contributed by atoms with Crippen molar-refractivity contribution in [3.05, 3.63) is 27.8 Å². The van der Waals surface area contributed by atoms with Gasteiger partial charge in [-0.1, -0.05) is 0 Å². The van der Waals surface area contributed by atoms with Gasteiger partial charge in [0.05, 0.1) is 17.6 Å². The normalized spacial score (nSPS) is 12.9. The predicted octanol–water partition coefficient (Wildman–Crippen LogP) is 1.54. The molecule has 0 N–H and O–H groups in total. The molecule has 0 aromatic heterocycles. The van der Waals surface area contributed by atoms with Crippen LogP contribution in [0.15, 0.2) is 12.1 Å². The van der Waals surface area contributed by atoms with Crippen LogP contribution in [0.4, 0.5) is 5.69 Å². The number of fused-ring (bicyclic) bond motifs is 1. The van der Waals surface area contributed by atoms with Crippen molar-refractivity contribution >= 4 is 11.7 Å². The van der Waals surface area contributed by atoms with Gasteiger partial charge in [-0.25, -0.2) is 4.79 Å². The maximum atomic E-state index is 11.6. The molecule has 96 valence electrons. The Balaban J connectivity index is 2.48. The third kappa shape index (κ3) is 2.20. The molecule has 0 atom stereocenters. The minimum absolute atomic E-state index is 0.133. The molecule has 0 fully saturated rings. The number of hydrogen-bond acceptors (Lipinski definition) is 6. The second-order valence-corrected chi connectivity index (χ2v) is 3.49. The molecule has 1 aromatic rings. The molecule has 7 heteroatoms. The summed E-state index contributed by atoms with van der Waals surface area (Å²) in [6, 6.07) is 2.46. The molecular formula is C11H11NO6. The van der Waals surface area contributed by atoms with Gasteiger partial charge in [0.25, 0.3) is 5.69 Å². The standard InChI is InChI=1S/C11H11NO6/c1-2-16-11(13)7-5-9-10(18-4-3-17-9)6-8(7)12(14)15/h5-6H,2-4H2,1H3. The molecule has 2 rings (SSSR count). The van der Waals surface area contributed by atoms with E-state index in [1.165, 1.54) is 12.1 Å². The molecule has 18 heavy (non-hydrogen) atoms. The first-order valence-corrected chi connectivity index (χ1v) is 5.38. The zero-order valence-corrected chi connectivity index (χ0v) is 9.67. The highest BCUT2D eigenvalue weighted by Gasteiger charge is 2.27. The van der Waals surface area contributed by atoms with Gasteiger partial charge < -0.3 is 14.2 Å². The van der Waals surface area contributed by atoms with E-state index in [0.29, 0.717) is 19.0 Å². The average Bonchev–Trinajstić information content (AvgIpc) is 2.37. The van der Waals surface area contributed by atoms with E-state index in [2.05, 4.69) is 0 Å². The molecule has 0 spiro atoms. The maximum absolute atomic E-state index is 11.6. The van der Waals surface area contributed by atoms with Crippen molar-refractivity contribution in [1.29, 1.82) is 0 Å². The van der Waals surface area contributed by atoms with Gasteiger partial charge in [0.2, 0.25) is 0 Å². The van der Waals surface area contributed by atoms with Gasteiger partial charge in [0, 0.05) is 6.07 Å². The van der Waals surface area contributed by atoms with Gasteiger partial charge in [0.15, 0.2) is 11.5 Å². The van der Waals surface area contributed by atoms with Crippen LogP contribution in [0.1, 0.15) is 17.3 Å². The number of rotatable bonds is 3. The summed E-state index contributed by atoms with van der Waals surface area (Å²) in [4.78, 5) is 21.9. The zero-order valence-electron chi connectivity index (χ0n) is 9.67. The highest BCUT2D eigenvalue weighted by atomic mass is 16.6. The Hall–Kier alpha value is -2.31. The third-order valence-corrected chi connectivity index (χ3v) is 2.35. The third-order valence-electron chi connectivity index (χ3n) is 2.35. The number of benzene rings is 1. The molecule has 0 bridgehead atoms. The molecule has 1 aliphatic rings. The zero-order chi connectivity index (χ0) is 13.1. The Bertz CT molecular complexity index is 499. The van der Waals surface area contributed by atoms with Gasteiger partial charge in [-0.3, -0.25) is 10.1 Å². The number of carbonyl (C=O) groups excluding carboxylic acids is 1. The fourth-order valence-corrected chi connectivity index (χ4v) is 1.60. The molecule has 1 aliphatic heterocycles. The Labute approximate surface area is 102 Å². The lowest BCUT2D eigenvalue weighted by molar-refractivity contribution is -0.385. The summed E-state index contributed by atoms with van der Waals surface area (Å²) in [5.74, 6) is -0.169. The lowest BCUT2D eigenvalue weighted by Crippen LogP contribution is -2.17. The highest BCUT2D eigenvalue weighted by molar-refractivity contribution is 5.95. The predicted molar refractivity (Wildman–Crippen MR) is 60.0 cm³/mol. The topological polar surface area (TPSA) is 87.9 Å². The fourth-order valence-electron chi connectivity index (χ4n) is 1.60. The Kier molecular flexibility index (Phi) is 3.31. The van der Waals surface area contributed by atoms with Crippen molar-refractivity contribution in [2.24, 2.45) is 0 Å². The first-order chi connectivity index (χ1) is 8.63. The molecule has 7 nitrogen and oxygen atoms in total. The minimum atomic E-state index is -0.749. The Morgan fingerprint density at radius 1 is 1.39 bits per heavy atom. The van der Waals surface area contributed by atoms with E-state index in [0.717, 1.165) is 0 Å². The van der Waals surface area contributed by atoms with Gasteiger partial charge in [-0.2, -0.15) is 0 Å². The van der Waals surface area contributed by atoms with Crippen molar-refractivity contribution in [1.82, 2.24) is 0 Å². The second-order valence-electron chi connectivity index (χ2n) is 3.49. The van der Waals surface area contributed by atoms with Crippen LogP contribution in [0.5, 0.6) is 11.5 Å². The molecule has 0 saturated heterocycles. The number of hydrogen-bond donors (Lipinski definition) is 0. The van der Waals surface area contributed by atoms with Crippen LogP contribution in [0.3, 0.4) is 0 Å². The minimum Gasteiger partial charge on any atom is -0.486 e. The lowest BCUT2D eigenvalue weighted by atomic mass is 10.1. The number of ether oxygens (including phenoxy) is 3. The summed E-state index contributed by atoms with van der Waals surface area (Å²) < 4.78 is 15.3. The average molecular weight is 253 g/mol. The number of esters is 1. The molecule has 1 heterocycles. The maximum Gasteiger partial charge on any atom is 0.345 e. The Morgan fingerprint density at radius 2 is 2.00 bits per heavy atom. The smallest absolute Gasteiger partial charge is 0.345 e. The SMILES string of the molecule is CCOC(=O)c1cc2c(cc1[N+](=O)[O-])OCCO2. The van der Waals surface area contributed by atoms with E-state index in [-0.39, 0.29) is 23.6 Å². The van der Waals surface area contributed by atoms with E-state index in [9.17, 15) is 14.9 Å². The second kappa shape index (κ2) is 4.91. The van der Waals surface area contributed by atoms with Crippen LogP contribution in [0.25, 0.3) is 0 Å². The summed E-state index contributed by atoms with van der Waals surface area (Å²) >= 11 is 0. The van der Waals surface area contributed by atoms with Crippen LogP contribution in [0, 0.1) is 10.1 Å². The highest BCUT2D eigenvalue weighted by Crippen LogP contribution is 2.36. The van der Waals surface area contributed by atoms with Crippen LogP contribution < -0.4 is 9.47 Å². The monoisotopic (exact) mass is 253 g/mol. The molecule has 0 amide bonds. The van der Waals surface area contributed by atoms with E-state index in [4.69, 9.17) is 14.2 Å². The van der Waals surface area contributed by atoms with Gasteiger partial charge >= 0.3 is 5.97 Å². The van der Waals surface area contributed by atoms with Crippen molar-refractivity contribution in [2.75, 3.05) is 19.8 Å². The summed E-state index contributed by atoms with van der Waals surface area (Å²) in [6.07, 6.45) is 0. The van der Waals surface area contributed by atoms with E-state index in [1.807, 2.05) is 0 Å². The molecule has 0 radical (unpaired) electrons. The van der Waals surface area contributed by atoms with Crippen molar-refractivity contribution in [3.63, 3.8) is 0 Å². The van der Waals surface area contributed by atoms with Gasteiger partial charge in [0.1, 0.15) is 18.8 Å². The molecule has 1 aromatic carbocycles. The van der Waals surface area contributed by atoms with Gasteiger partial charge in [-0.15, -0.1) is 0 Å². The fraction of sp³-hybridized carbons (Fsp3) is 0.364. The Morgan fingerprint density at radius 3 is 2.56 bits per heavy atom. The van der Waals surface area contributed by atoms with E-state index < -0.39 is 10.9 Å². The van der Waals surface area contributed by atoms with Gasteiger partial charge in [-0.05, 0) is 6.92 Å². The molecule has 0 aliphatic carbocycles. The first kappa shape index (κ1) is 12.2. The van der Waals surface area contributed by atoms with Crippen molar-refractivity contribution in [3.8, 4) is 11.5 Å². The number of nitro benzene ring substituents is 1. The summed E-state index contributed by atoms with van der Waals surface area (Å²) in [5, 5.41) is 10.9. The van der Waals surface area contributed by atoms with E-state index in [1.54, 1.807) is 6.92 Å². The van der Waals surface area contributed by atoms with Crippen LogP contribution in [-0.2, 0) is 4.74 Å². The summed E-state index contributed by atoms with van der Waals surface area (Å²) in [7, 11) is 0. The van der Waals surface area contributed by atoms with E-state index >= 15 is 0 Å². The lowest BCUT2D eigenvalue weighted by Gasteiger charge is -2.18. The largest absolute Gasteiger partial charge is 0.486 e. The van der Waals surface area contributed by atoms with Crippen LogP contribution >= 0.6 is 0 Å². The van der Waals surface area contributed by atoms with Crippen molar-refractivity contribution < 1.29 is 23.9 Å². The molecule has 0 saturated carbocycles.